The van der Waals surface area contributed by atoms with E-state index >= 15 is 0 Å². The third-order valence-electron chi connectivity index (χ3n) is 0.870. The molecule has 1 aromatic carbocycles. The zero-order valence-corrected chi connectivity index (χ0v) is 7.55. The molecule has 0 aliphatic rings. The minimum absolute atomic E-state index is 0. The summed E-state index contributed by atoms with van der Waals surface area (Å²) in [7, 11) is 5.37. The lowest BCUT2D eigenvalue weighted by Gasteiger charge is -1.88. The Morgan fingerprint density at radius 3 is 1.36 bits per heavy atom. The molecule has 0 spiro atoms. The topological polar surface area (TPSA) is 47.6 Å². The molecule has 0 N–H and O–H groups in total. The Labute approximate surface area is 84.6 Å². The largest absolute Gasteiger partial charge is 0.269 e. The summed E-state index contributed by atoms with van der Waals surface area (Å²) in [5.74, 6) is 0. The second-order valence-electron chi connectivity index (χ2n) is 1.55. The first-order valence-electron chi connectivity index (χ1n) is 2.50. The van der Waals surface area contributed by atoms with E-state index in [1.54, 1.807) is 24.3 Å². The number of hydrogen-bond acceptors (Lipinski definition) is 2. The summed E-state index contributed by atoms with van der Waals surface area (Å²) >= 11 is 5.56. The van der Waals surface area contributed by atoms with E-state index in [2.05, 4.69) is 0 Å². The van der Waals surface area contributed by atoms with Gasteiger partial charge in [0.1, 0.15) is 7.85 Å². The van der Waals surface area contributed by atoms with Gasteiger partial charge in [-0.2, -0.15) is 0 Å². The smallest absolute Gasteiger partial charge is 0.113 e. The van der Waals surface area contributed by atoms with Gasteiger partial charge in [0.2, 0.25) is 0 Å². The van der Waals surface area contributed by atoms with Gasteiger partial charge in [0.15, 0.2) is 0 Å². The fourth-order valence-electron chi connectivity index (χ4n) is 0.463. The zero-order chi connectivity index (χ0) is 7.98. The second-order valence-corrected chi connectivity index (χ2v) is 1.99. The Kier molecular flexibility index (Phi) is 37.1. The maximum atomic E-state index is 6.00. The first-order chi connectivity index (χ1) is 4.79. The monoisotopic (exact) mass is 230 g/mol. The fraction of sp³-hybridized carbons (Fsp3) is 0. The van der Waals surface area contributed by atoms with Gasteiger partial charge in [0, 0.05) is 15.8 Å². The van der Waals surface area contributed by atoms with Crippen LogP contribution in [0, 0.1) is 10.8 Å². The molecule has 2 radical (unpaired) electrons. The van der Waals surface area contributed by atoms with Gasteiger partial charge < -0.3 is 0 Å². The number of nitrogens with zero attached hydrogens (tertiary/aromatic N) is 2. The highest BCUT2D eigenvalue weighted by Crippen LogP contribution is 2.02. The normalized spacial score (nSPS) is 5.36. The fourth-order valence-corrected chi connectivity index (χ4v) is 0.589. The third-order valence-corrected chi connectivity index (χ3v) is 1.12. The van der Waals surface area contributed by atoms with E-state index in [0.29, 0.717) is 0 Å². The van der Waals surface area contributed by atoms with Gasteiger partial charge >= 0.3 is 0 Å². The van der Waals surface area contributed by atoms with E-state index in [-0.39, 0.29) is 18.8 Å². The van der Waals surface area contributed by atoms with Gasteiger partial charge in [0.05, 0.1) is 0 Å². The number of rotatable bonds is 0. The summed E-state index contributed by atoms with van der Waals surface area (Å²) in [5.41, 5.74) is 0.745. The van der Waals surface area contributed by atoms with E-state index in [1.807, 2.05) is 0 Å². The molecule has 8 heteroatoms. The summed E-state index contributed by atoms with van der Waals surface area (Å²) in [4.78, 5) is 0. The Hall–Kier alpha value is -1.29. The molecule has 14 heavy (non-hydrogen) atoms. The van der Waals surface area contributed by atoms with Crippen molar-refractivity contribution in [3.05, 3.63) is 29.3 Å². The molecule has 0 aromatic heterocycles. The first-order valence-corrected chi connectivity index (χ1v) is 2.88. The van der Waals surface area contributed by atoms with Crippen molar-refractivity contribution in [1.82, 2.24) is 0 Å². The average Bonchev–Trinajstić information content (AvgIpc) is 2.00. The highest BCUT2D eigenvalue weighted by atomic mass is 35.5. The molecule has 0 bridgehead atoms. The van der Waals surface area contributed by atoms with Crippen molar-refractivity contribution < 1.29 is 18.8 Å². The van der Waals surface area contributed by atoms with Gasteiger partial charge in [-0.3, -0.25) is 18.8 Å². The lowest BCUT2D eigenvalue weighted by Crippen LogP contribution is -1.97. The van der Waals surface area contributed by atoms with Gasteiger partial charge in [-0.1, -0.05) is 29.2 Å². The van der Waals surface area contributed by atoms with E-state index in [9.17, 15) is 0 Å². The van der Waals surface area contributed by atoms with Crippen LogP contribution in [0.25, 0.3) is 0 Å². The Balaban J connectivity index is -0.0000000425. The lowest BCUT2D eigenvalue weighted by atomic mass is 9.97. The van der Waals surface area contributed by atoms with Crippen LogP contribution in [0.3, 0.4) is 0 Å². The van der Waals surface area contributed by atoms with Crippen LogP contribution < -0.4 is 5.46 Å². The maximum Gasteiger partial charge on any atom is 0.113 e. The molecule has 0 atom stereocenters. The quantitative estimate of drug-likeness (QED) is 0.387. The minimum Gasteiger partial charge on any atom is -0.269 e. The van der Waals surface area contributed by atoms with Crippen LogP contribution in [0.15, 0.2) is 24.3 Å². The van der Waals surface area contributed by atoms with Crippen molar-refractivity contribution >= 4 is 24.9 Å². The van der Waals surface area contributed by atoms with Crippen LogP contribution in [-0.2, 0) is 0 Å². The Morgan fingerprint density at radius 2 is 1.14 bits per heavy atom. The van der Waals surface area contributed by atoms with Gasteiger partial charge in [0.25, 0.3) is 0 Å². The van der Waals surface area contributed by atoms with Gasteiger partial charge in [-0.15, -0.1) is 0 Å². The van der Waals surface area contributed by atoms with Crippen molar-refractivity contribution in [2.24, 2.45) is 0 Å². The van der Waals surface area contributed by atoms with Gasteiger partial charge in [-0.25, -0.2) is 0 Å². The Morgan fingerprint density at radius 1 is 0.857 bits per heavy atom. The zero-order valence-electron chi connectivity index (χ0n) is 6.79. The molecule has 80 valence electrons. The number of benzene rings is 1. The van der Waals surface area contributed by atoms with E-state index in [0.717, 1.165) is 10.5 Å². The molecular weight excluding hydrogens is 222 g/mol. The molecule has 0 unspecified atom stereocenters. The van der Waals surface area contributed by atoms with Crippen molar-refractivity contribution in [3.8, 4) is 0 Å². The molecule has 2 nitrogen and oxygen atoms in total. The SMILES string of the molecule is F.F.F.F.N#N.[B]c1ccc(Cl)cc1. The van der Waals surface area contributed by atoms with Crippen LogP contribution in [0.5, 0.6) is 0 Å². The highest BCUT2D eigenvalue weighted by molar-refractivity contribution is 6.34. The minimum atomic E-state index is 0. The van der Waals surface area contributed by atoms with Crippen molar-refractivity contribution in [3.63, 3.8) is 0 Å². The molecule has 0 saturated carbocycles. The molecule has 0 saturated heterocycles. The number of hydrogen-bond donors (Lipinski definition) is 0. The van der Waals surface area contributed by atoms with Crippen molar-refractivity contribution in [2.45, 2.75) is 0 Å². The van der Waals surface area contributed by atoms with Gasteiger partial charge in [-0.05, 0) is 12.1 Å². The van der Waals surface area contributed by atoms with Crippen molar-refractivity contribution in [1.29, 1.82) is 10.8 Å². The van der Waals surface area contributed by atoms with Crippen LogP contribution in [0.4, 0.5) is 18.8 Å². The van der Waals surface area contributed by atoms with Crippen molar-refractivity contribution in [2.75, 3.05) is 0 Å². The molecule has 0 aliphatic heterocycles. The summed E-state index contributed by atoms with van der Waals surface area (Å²) in [6.45, 7) is 0. The summed E-state index contributed by atoms with van der Waals surface area (Å²) in [6.07, 6.45) is 0. The average molecular weight is 230 g/mol. The maximum absolute atomic E-state index is 6.00. The Bertz CT molecular complexity index is 198. The highest BCUT2D eigenvalue weighted by Gasteiger charge is 1.81. The third kappa shape index (κ3) is 13.3. The summed E-state index contributed by atoms with van der Waals surface area (Å²) in [6, 6.07) is 7.05. The first kappa shape index (κ1) is 29.3. The molecule has 1 aromatic rings. The van der Waals surface area contributed by atoms with Crippen LogP contribution in [-0.4, -0.2) is 7.85 Å². The molecule has 0 aliphatic carbocycles. The lowest BCUT2D eigenvalue weighted by molar-refractivity contribution is 1.11. The summed E-state index contributed by atoms with van der Waals surface area (Å²) in [5, 5.41) is 12.7. The van der Waals surface area contributed by atoms with E-state index < -0.39 is 0 Å². The molecule has 0 amide bonds. The van der Waals surface area contributed by atoms with Crippen LogP contribution >= 0.6 is 11.6 Å². The molecule has 0 fully saturated rings. The summed E-state index contributed by atoms with van der Waals surface area (Å²) < 4.78 is 0. The predicted octanol–water partition coefficient (Wildman–Crippen LogP) is 1.77. The van der Waals surface area contributed by atoms with E-state index in [4.69, 9.17) is 30.2 Å². The number of halogens is 5. The van der Waals surface area contributed by atoms with Crippen LogP contribution in [0.2, 0.25) is 5.02 Å². The standard InChI is InChI=1S/C6H4BCl.4FH.N2/c7-5-1-3-6(8)4-2-5;;;;;1-2/h1-4H;4*1H;. The molecular formula is C6H8BClF4N2. The molecule has 1 rings (SSSR count). The van der Waals surface area contributed by atoms with Crippen LogP contribution in [0.1, 0.15) is 0 Å². The molecule has 0 heterocycles. The second kappa shape index (κ2) is 17.7. The van der Waals surface area contributed by atoms with E-state index in [1.165, 1.54) is 0 Å². The predicted molar refractivity (Wildman–Crippen MR) is 50.3 cm³/mol.